The van der Waals surface area contributed by atoms with Crippen LogP contribution in [0, 0.1) is 11.7 Å². The Hall–Kier alpha value is -1.42. The van der Waals surface area contributed by atoms with Gasteiger partial charge in [-0.05, 0) is 49.9 Å². The summed E-state index contributed by atoms with van der Waals surface area (Å²) in [5, 5.41) is 0. The summed E-state index contributed by atoms with van der Waals surface area (Å²) in [4.78, 5) is 13.9. The van der Waals surface area contributed by atoms with E-state index in [1.165, 1.54) is 12.1 Å². The molecule has 0 spiro atoms. The summed E-state index contributed by atoms with van der Waals surface area (Å²) in [6.07, 6.45) is 2.34. The minimum atomic E-state index is -0.262. The first-order chi connectivity index (χ1) is 9.56. The number of nitrogens with zero attached hydrogens (tertiary/aromatic N) is 1. The summed E-state index contributed by atoms with van der Waals surface area (Å²) in [6, 6.07) is 6.41. The molecule has 0 heterocycles. The van der Waals surface area contributed by atoms with Crippen LogP contribution in [0.3, 0.4) is 0 Å². The quantitative estimate of drug-likeness (QED) is 0.796. The monoisotopic (exact) mass is 280 g/mol. The predicted octanol–water partition coefficient (Wildman–Crippen LogP) is 2.94. The van der Waals surface area contributed by atoms with Gasteiger partial charge in [-0.1, -0.05) is 19.1 Å². The third-order valence-electron chi connectivity index (χ3n) is 3.51. The molecule has 112 valence electrons. The van der Waals surface area contributed by atoms with E-state index in [4.69, 9.17) is 5.73 Å². The zero-order valence-corrected chi connectivity index (χ0v) is 12.4. The average molecular weight is 280 g/mol. The maximum Gasteiger partial charge on any atom is 0.222 e. The zero-order valence-electron chi connectivity index (χ0n) is 12.4. The molecule has 1 atom stereocenters. The highest BCUT2D eigenvalue weighted by atomic mass is 19.1. The van der Waals surface area contributed by atoms with Crippen molar-refractivity contribution in [1.82, 2.24) is 4.90 Å². The Labute approximate surface area is 121 Å². The third kappa shape index (κ3) is 5.70. The van der Waals surface area contributed by atoms with Crippen LogP contribution < -0.4 is 5.73 Å². The van der Waals surface area contributed by atoms with Gasteiger partial charge in [0, 0.05) is 19.5 Å². The Balaban J connectivity index is 2.51. The van der Waals surface area contributed by atoms with Gasteiger partial charge in [0.15, 0.2) is 0 Å². The topological polar surface area (TPSA) is 46.3 Å². The molecule has 0 aliphatic rings. The van der Waals surface area contributed by atoms with Crippen LogP contribution in [-0.4, -0.2) is 23.9 Å². The molecule has 1 aromatic rings. The van der Waals surface area contributed by atoms with E-state index in [2.05, 4.69) is 6.92 Å². The summed E-state index contributed by atoms with van der Waals surface area (Å²) < 4.78 is 13.1. The Bertz CT molecular complexity index is 423. The number of rotatable bonds is 8. The van der Waals surface area contributed by atoms with Gasteiger partial charge in [-0.3, -0.25) is 4.79 Å². The van der Waals surface area contributed by atoms with E-state index in [0.717, 1.165) is 18.4 Å². The van der Waals surface area contributed by atoms with Gasteiger partial charge >= 0.3 is 0 Å². The van der Waals surface area contributed by atoms with Gasteiger partial charge in [-0.2, -0.15) is 0 Å². The van der Waals surface area contributed by atoms with Crippen LogP contribution in [0.4, 0.5) is 4.39 Å². The van der Waals surface area contributed by atoms with Crippen molar-refractivity contribution in [2.45, 2.75) is 39.7 Å². The van der Waals surface area contributed by atoms with Crippen LogP contribution in [-0.2, 0) is 11.3 Å². The smallest absolute Gasteiger partial charge is 0.222 e. The SMILES string of the molecule is CCN(Cc1cccc(F)c1)C(=O)CCC(C)CCN. The highest BCUT2D eigenvalue weighted by Crippen LogP contribution is 2.13. The average Bonchev–Trinajstić information content (AvgIpc) is 2.42. The first-order valence-corrected chi connectivity index (χ1v) is 7.29. The van der Waals surface area contributed by atoms with Crippen molar-refractivity contribution < 1.29 is 9.18 Å². The van der Waals surface area contributed by atoms with Gasteiger partial charge in [-0.25, -0.2) is 4.39 Å². The predicted molar refractivity (Wildman–Crippen MR) is 79.6 cm³/mol. The molecule has 1 rings (SSSR count). The molecule has 1 amide bonds. The molecule has 0 saturated heterocycles. The molecule has 2 N–H and O–H groups in total. The lowest BCUT2D eigenvalue weighted by Crippen LogP contribution is -2.30. The summed E-state index contributed by atoms with van der Waals surface area (Å²) in [5.41, 5.74) is 6.34. The van der Waals surface area contributed by atoms with Gasteiger partial charge in [0.05, 0.1) is 0 Å². The molecular formula is C16H25FN2O. The Morgan fingerprint density at radius 2 is 2.15 bits per heavy atom. The minimum Gasteiger partial charge on any atom is -0.339 e. The van der Waals surface area contributed by atoms with Gasteiger partial charge in [-0.15, -0.1) is 0 Å². The Morgan fingerprint density at radius 1 is 1.40 bits per heavy atom. The minimum absolute atomic E-state index is 0.126. The number of halogens is 1. The van der Waals surface area contributed by atoms with Crippen LogP contribution >= 0.6 is 0 Å². The lowest BCUT2D eigenvalue weighted by atomic mass is 10.0. The first kappa shape index (κ1) is 16.6. The van der Waals surface area contributed by atoms with E-state index in [-0.39, 0.29) is 11.7 Å². The largest absolute Gasteiger partial charge is 0.339 e. The highest BCUT2D eigenvalue weighted by molar-refractivity contribution is 5.76. The lowest BCUT2D eigenvalue weighted by Gasteiger charge is -2.22. The number of hydrogen-bond acceptors (Lipinski definition) is 2. The third-order valence-corrected chi connectivity index (χ3v) is 3.51. The number of carbonyl (C=O) groups excluding carboxylic acids is 1. The number of benzene rings is 1. The van der Waals surface area contributed by atoms with E-state index in [1.807, 2.05) is 13.0 Å². The van der Waals surface area contributed by atoms with Gasteiger partial charge in [0.25, 0.3) is 0 Å². The standard InChI is InChI=1S/C16H25FN2O/c1-3-19(12-14-5-4-6-15(17)11-14)16(20)8-7-13(2)9-10-18/h4-6,11,13H,3,7-10,12,18H2,1-2H3. The van der Waals surface area contributed by atoms with Gasteiger partial charge < -0.3 is 10.6 Å². The van der Waals surface area contributed by atoms with Crippen LogP contribution in [0.15, 0.2) is 24.3 Å². The molecular weight excluding hydrogens is 255 g/mol. The second-order valence-corrected chi connectivity index (χ2v) is 5.26. The number of hydrogen-bond donors (Lipinski definition) is 1. The number of carbonyl (C=O) groups is 1. The highest BCUT2D eigenvalue weighted by Gasteiger charge is 2.13. The van der Waals surface area contributed by atoms with E-state index in [1.54, 1.807) is 11.0 Å². The normalized spacial score (nSPS) is 12.2. The molecule has 0 saturated carbocycles. The van der Waals surface area contributed by atoms with Crippen molar-refractivity contribution in [3.8, 4) is 0 Å². The fourth-order valence-electron chi connectivity index (χ4n) is 2.19. The van der Waals surface area contributed by atoms with E-state index in [9.17, 15) is 9.18 Å². The molecule has 1 unspecified atom stereocenters. The summed E-state index contributed by atoms with van der Waals surface area (Å²) in [7, 11) is 0. The summed E-state index contributed by atoms with van der Waals surface area (Å²) >= 11 is 0. The Morgan fingerprint density at radius 3 is 2.75 bits per heavy atom. The van der Waals surface area contributed by atoms with Crippen molar-refractivity contribution in [2.75, 3.05) is 13.1 Å². The molecule has 0 aliphatic heterocycles. The van der Waals surface area contributed by atoms with Crippen molar-refractivity contribution in [3.05, 3.63) is 35.6 Å². The fourth-order valence-corrected chi connectivity index (χ4v) is 2.19. The lowest BCUT2D eigenvalue weighted by molar-refractivity contribution is -0.131. The van der Waals surface area contributed by atoms with Crippen molar-refractivity contribution in [2.24, 2.45) is 11.7 Å². The van der Waals surface area contributed by atoms with E-state index < -0.39 is 0 Å². The Kier molecular flexibility index (Phi) is 7.23. The van der Waals surface area contributed by atoms with Gasteiger partial charge in [0.1, 0.15) is 5.82 Å². The molecule has 0 radical (unpaired) electrons. The second kappa shape index (κ2) is 8.69. The second-order valence-electron chi connectivity index (χ2n) is 5.26. The molecule has 0 fully saturated rings. The number of amides is 1. The molecule has 1 aromatic carbocycles. The fraction of sp³-hybridized carbons (Fsp3) is 0.562. The molecule has 20 heavy (non-hydrogen) atoms. The maximum absolute atomic E-state index is 13.1. The molecule has 0 aromatic heterocycles. The first-order valence-electron chi connectivity index (χ1n) is 7.29. The van der Waals surface area contributed by atoms with Crippen LogP contribution in [0.2, 0.25) is 0 Å². The summed E-state index contributed by atoms with van der Waals surface area (Å²) in [5.74, 6) is 0.333. The molecule has 0 aliphatic carbocycles. The van der Waals surface area contributed by atoms with Crippen LogP contribution in [0.25, 0.3) is 0 Å². The summed E-state index contributed by atoms with van der Waals surface area (Å²) in [6.45, 7) is 5.83. The van der Waals surface area contributed by atoms with E-state index >= 15 is 0 Å². The van der Waals surface area contributed by atoms with Crippen LogP contribution in [0.5, 0.6) is 0 Å². The van der Waals surface area contributed by atoms with Crippen molar-refractivity contribution >= 4 is 5.91 Å². The van der Waals surface area contributed by atoms with Gasteiger partial charge in [0.2, 0.25) is 5.91 Å². The maximum atomic E-state index is 13.1. The molecule has 0 bridgehead atoms. The van der Waals surface area contributed by atoms with Crippen LogP contribution in [0.1, 0.15) is 38.7 Å². The molecule has 4 heteroatoms. The van der Waals surface area contributed by atoms with Crippen molar-refractivity contribution in [1.29, 1.82) is 0 Å². The number of nitrogens with two attached hydrogens (primary N) is 1. The van der Waals surface area contributed by atoms with Crippen molar-refractivity contribution in [3.63, 3.8) is 0 Å². The van der Waals surface area contributed by atoms with E-state index in [0.29, 0.717) is 32.0 Å². The molecule has 3 nitrogen and oxygen atoms in total. The zero-order chi connectivity index (χ0) is 15.0.